The Bertz CT molecular complexity index is 1010. The fraction of sp³-hybridized carbons (Fsp3) is 0.318. The molecule has 31 heavy (non-hydrogen) atoms. The molecule has 1 saturated heterocycles. The largest absolute Gasteiger partial charge is 0.507 e. The lowest BCUT2D eigenvalue weighted by Gasteiger charge is -2.24. The summed E-state index contributed by atoms with van der Waals surface area (Å²) in [7, 11) is 4.40. The quantitative estimate of drug-likeness (QED) is 0.288. The summed E-state index contributed by atoms with van der Waals surface area (Å²) < 4.78 is 15.6. The number of aliphatic hydroxyl groups is 1. The lowest BCUT2D eigenvalue weighted by atomic mass is 9.97. The molecule has 1 atom stereocenters. The first-order valence-electron chi connectivity index (χ1n) is 9.54. The van der Waals surface area contributed by atoms with E-state index in [1.54, 1.807) is 31.5 Å². The van der Waals surface area contributed by atoms with Gasteiger partial charge in [-0.2, -0.15) is 0 Å². The number of rotatable bonds is 8. The maximum atomic E-state index is 13.0. The van der Waals surface area contributed by atoms with Crippen LogP contribution in [0.5, 0.6) is 11.5 Å². The molecule has 8 nitrogen and oxygen atoms in total. The van der Waals surface area contributed by atoms with Gasteiger partial charge >= 0.3 is 0 Å². The fourth-order valence-electron chi connectivity index (χ4n) is 3.53. The van der Waals surface area contributed by atoms with Gasteiger partial charge in [-0.25, -0.2) is 0 Å². The monoisotopic (exact) mass is 446 g/mol. The number of carbonyl (C=O) groups is 2. The van der Waals surface area contributed by atoms with Gasteiger partial charge in [-0.15, -0.1) is 0 Å². The van der Waals surface area contributed by atoms with Crippen molar-refractivity contribution >= 4 is 29.1 Å². The second-order valence-corrected chi connectivity index (χ2v) is 7.19. The first kappa shape index (κ1) is 22.6. The van der Waals surface area contributed by atoms with E-state index in [1.165, 1.54) is 31.3 Å². The van der Waals surface area contributed by atoms with Gasteiger partial charge in [-0.05, 0) is 24.6 Å². The van der Waals surface area contributed by atoms with Crippen LogP contribution in [-0.4, -0.2) is 61.2 Å². The number of ketones is 1. The van der Waals surface area contributed by atoms with Crippen molar-refractivity contribution in [3.05, 3.63) is 58.4 Å². The van der Waals surface area contributed by atoms with Crippen molar-refractivity contribution in [1.82, 2.24) is 9.88 Å². The van der Waals surface area contributed by atoms with Gasteiger partial charge in [0.25, 0.3) is 11.7 Å². The van der Waals surface area contributed by atoms with Gasteiger partial charge in [-0.3, -0.25) is 14.6 Å². The third kappa shape index (κ3) is 4.35. The highest BCUT2D eigenvalue weighted by Gasteiger charge is 2.46. The molecular formula is C22H23ClN2O6. The SMILES string of the molecule is COCCCN1C(=O)C(=O)/C(=C(/O)c2cc(OC)c(Cl)cc2OC)C1c1ccccn1. The van der Waals surface area contributed by atoms with Gasteiger partial charge < -0.3 is 24.2 Å². The molecule has 1 unspecified atom stereocenters. The molecule has 2 aromatic rings. The van der Waals surface area contributed by atoms with Gasteiger partial charge in [0.1, 0.15) is 23.3 Å². The predicted molar refractivity (Wildman–Crippen MR) is 114 cm³/mol. The normalized spacial score (nSPS) is 17.8. The number of Topliss-reactive ketones (excluding diaryl/α,β-unsaturated/α-hetero) is 1. The summed E-state index contributed by atoms with van der Waals surface area (Å²) >= 11 is 6.16. The number of ether oxygens (including phenoxy) is 3. The van der Waals surface area contributed by atoms with Crippen molar-refractivity contribution in [2.75, 3.05) is 34.5 Å². The molecule has 1 aromatic carbocycles. The third-order valence-electron chi connectivity index (χ3n) is 4.98. The van der Waals surface area contributed by atoms with E-state index in [4.69, 9.17) is 25.8 Å². The van der Waals surface area contributed by atoms with Crippen LogP contribution in [0.25, 0.3) is 5.76 Å². The molecule has 0 bridgehead atoms. The number of hydrogen-bond donors (Lipinski definition) is 1. The Morgan fingerprint density at radius 1 is 1.16 bits per heavy atom. The second-order valence-electron chi connectivity index (χ2n) is 6.78. The van der Waals surface area contributed by atoms with E-state index in [2.05, 4.69) is 4.98 Å². The number of aromatic nitrogens is 1. The summed E-state index contributed by atoms with van der Waals surface area (Å²) in [6.45, 7) is 0.678. The average molecular weight is 447 g/mol. The Balaban J connectivity index is 2.20. The fourth-order valence-corrected chi connectivity index (χ4v) is 3.76. The van der Waals surface area contributed by atoms with Crippen molar-refractivity contribution < 1.29 is 28.9 Å². The minimum atomic E-state index is -0.857. The Morgan fingerprint density at radius 3 is 2.52 bits per heavy atom. The van der Waals surface area contributed by atoms with Crippen LogP contribution in [0.15, 0.2) is 42.1 Å². The predicted octanol–water partition coefficient (Wildman–Crippen LogP) is 3.21. The third-order valence-corrected chi connectivity index (χ3v) is 5.28. The van der Waals surface area contributed by atoms with Crippen molar-refractivity contribution in [3.8, 4) is 11.5 Å². The molecule has 1 amide bonds. The Hall–Kier alpha value is -3.10. The maximum Gasteiger partial charge on any atom is 0.295 e. The Morgan fingerprint density at radius 2 is 1.90 bits per heavy atom. The molecule has 1 aromatic heterocycles. The van der Waals surface area contributed by atoms with E-state index >= 15 is 0 Å². The number of amides is 1. The van der Waals surface area contributed by atoms with Crippen molar-refractivity contribution in [1.29, 1.82) is 0 Å². The van der Waals surface area contributed by atoms with E-state index < -0.39 is 23.5 Å². The van der Waals surface area contributed by atoms with Crippen LogP contribution in [0, 0.1) is 0 Å². The van der Waals surface area contributed by atoms with Gasteiger partial charge in [-0.1, -0.05) is 17.7 Å². The average Bonchev–Trinajstić information content (AvgIpc) is 3.04. The minimum Gasteiger partial charge on any atom is -0.507 e. The van der Waals surface area contributed by atoms with E-state index in [0.29, 0.717) is 18.7 Å². The second kappa shape index (κ2) is 9.80. The number of hydrogen-bond acceptors (Lipinski definition) is 7. The molecule has 0 spiro atoms. The van der Waals surface area contributed by atoms with E-state index in [0.717, 1.165) is 0 Å². The van der Waals surface area contributed by atoms with E-state index in [9.17, 15) is 14.7 Å². The number of nitrogens with zero attached hydrogens (tertiary/aromatic N) is 2. The summed E-state index contributed by atoms with van der Waals surface area (Å²) in [6, 6.07) is 7.26. The van der Waals surface area contributed by atoms with E-state index in [1.807, 2.05) is 0 Å². The molecule has 0 radical (unpaired) electrons. The Kier molecular flexibility index (Phi) is 7.14. The summed E-state index contributed by atoms with van der Waals surface area (Å²) in [5, 5.41) is 11.5. The molecule has 1 N–H and O–H groups in total. The molecule has 0 saturated carbocycles. The van der Waals surface area contributed by atoms with Crippen molar-refractivity contribution in [3.63, 3.8) is 0 Å². The smallest absolute Gasteiger partial charge is 0.295 e. The van der Waals surface area contributed by atoms with Gasteiger partial charge in [0, 0.05) is 32.5 Å². The first-order chi connectivity index (χ1) is 14.9. The molecule has 3 rings (SSSR count). The number of methoxy groups -OCH3 is 3. The highest BCUT2D eigenvalue weighted by atomic mass is 35.5. The summed E-state index contributed by atoms with van der Waals surface area (Å²) in [5.41, 5.74) is 0.559. The summed E-state index contributed by atoms with van der Waals surface area (Å²) in [5.74, 6) is -1.40. The molecule has 164 valence electrons. The van der Waals surface area contributed by atoms with Crippen molar-refractivity contribution in [2.45, 2.75) is 12.5 Å². The van der Waals surface area contributed by atoms with Crippen LogP contribution >= 0.6 is 11.6 Å². The minimum absolute atomic E-state index is 0.0798. The number of benzene rings is 1. The number of carbonyl (C=O) groups excluding carboxylic acids is 2. The van der Waals surface area contributed by atoms with Crippen LogP contribution < -0.4 is 9.47 Å². The lowest BCUT2D eigenvalue weighted by molar-refractivity contribution is -0.140. The highest BCUT2D eigenvalue weighted by Crippen LogP contribution is 2.42. The Labute approximate surface area is 185 Å². The molecular weight excluding hydrogens is 424 g/mol. The zero-order chi connectivity index (χ0) is 22.5. The first-order valence-corrected chi connectivity index (χ1v) is 9.92. The van der Waals surface area contributed by atoms with Crippen LogP contribution in [0.1, 0.15) is 23.7 Å². The van der Waals surface area contributed by atoms with Gasteiger partial charge in [0.05, 0.1) is 36.1 Å². The molecule has 1 aliphatic rings. The highest BCUT2D eigenvalue weighted by molar-refractivity contribution is 6.46. The number of halogens is 1. The van der Waals surface area contributed by atoms with Crippen LogP contribution in [0.2, 0.25) is 5.02 Å². The standard InChI is InChI=1S/C22H23ClN2O6/c1-29-10-6-9-25-19(15-7-4-5-8-24-15)18(21(27)22(25)28)20(26)13-11-17(31-3)14(23)12-16(13)30-2/h4-5,7-8,11-12,19,26H,6,9-10H2,1-3H3/b20-18+. The van der Waals surface area contributed by atoms with E-state index in [-0.39, 0.29) is 34.2 Å². The lowest BCUT2D eigenvalue weighted by Crippen LogP contribution is -2.31. The molecule has 2 heterocycles. The molecule has 9 heteroatoms. The van der Waals surface area contributed by atoms with Crippen molar-refractivity contribution in [2.24, 2.45) is 0 Å². The number of likely N-dealkylation sites (tertiary alicyclic amines) is 1. The molecule has 1 aliphatic heterocycles. The molecule has 1 fully saturated rings. The van der Waals surface area contributed by atoms with Gasteiger partial charge in [0.2, 0.25) is 0 Å². The number of pyridine rings is 1. The van der Waals surface area contributed by atoms with Gasteiger partial charge in [0.15, 0.2) is 0 Å². The topological polar surface area (TPSA) is 98.2 Å². The zero-order valence-electron chi connectivity index (χ0n) is 17.4. The number of aliphatic hydroxyl groups excluding tert-OH is 1. The van der Waals surface area contributed by atoms with Crippen LogP contribution in [-0.2, 0) is 14.3 Å². The summed E-state index contributed by atoms with van der Waals surface area (Å²) in [6.07, 6.45) is 2.08. The van der Waals surface area contributed by atoms with Crippen LogP contribution in [0.3, 0.4) is 0 Å². The van der Waals surface area contributed by atoms with Crippen LogP contribution in [0.4, 0.5) is 0 Å². The summed E-state index contributed by atoms with van der Waals surface area (Å²) in [4.78, 5) is 31.6. The zero-order valence-corrected chi connectivity index (χ0v) is 18.2. The molecule has 0 aliphatic carbocycles. The maximum absolute atomic E-state index is 13.0.